The van der Waals surface area contributed by atoms with Crippen LogP contribution in [-0.4, -0.2) is 13.6 Å². The van der Waals surface area contributed by atoms with Gasteiger partial charge in [-0.3, -0.25) is 0 Å². The van der Waals surface area contributed by atoms with Crippen LogP contribution in [0.1, 0.15) is 11.1 Å². The maximum atomic E-state index is 12.7. The van der Waals surface area contributed by atoms with Gasteiger partial charge in [-0.15, -0.1) is 0 Å². The van der Waals surface area contributed by atoms with Gasteiger partial charge in [0.15, 0.2) is 0 Å². The molecule has 2 rings (SSSR count). The van der Waals surface area contributed by atoms with Gasteiger partial charge in [0.05, 0.1) is 0 Å². The molecule has 0 radical (unpaired) electrons. The largest absolute Gasteiger partial charge is 0.388 e. The molecule has 0 saturated heterocycles. The molecule has 0 heterocycles. The highest BCUT2D eigenvalue weighted by atomic mass is 19.1. The van der Waals surface area contributed by atoms with Crippen molar-refractivity contribution in [2.75, 3.05) is 18.9 Å². The molecular formula is C16H19FN2. The van der Waals surface area contributed by atoms with Gasteiger partial charge in [-0.1, -0.05) is 24.3 Å². The molecule has 2 aromatic carbocycles. The highest BCUT2D eigenvalue weighted by Crippen LogP contribution is 2.08. The molecule has 0 spiro atoms. The zero-order valence-electron chi connectivity index (χ0n) is 11.1. The van der Waals surface area contributed by atoms with Crippen LogP contribution in [0, 0.1) is 5.82 Å². The second kappa shape index (κ2) is 6.90. The third-order valence-electron chi connectivity index (χ3n) is 3.08. The number of hydrogen-bond acceptors (Lipinski definition) is 2. The zero-order chi connectivity index (χ0) is 13.5. The van der Waals surface area contributed by atoms with Crippen molar-refractivity contribution in [3.8, 4) is 0 Å². The Hall–Kier alpha value is -1.87. The average Bonchev–Trinajstić information content (AvgIpc) is 2.46. The van der Waals surface area contributed by atoms with E-state index in [1.54, 1.807) is 0 Å². The van der Waals surface area contributed by atoms with Crippen LogP contribution in [0.15, 0.2) is 48.5 Å². The van der Waals surface area contributed by atoms with Gasteiger partial charge in [-0.2, -0.15) is 0 Å². The summed E-state index contributed by atoms with van der Waals surface area (Å²) in [5, 5.41) is 6.48. The number of benzene rings is 2. The minimum atomic E-state index is -0.179. The molecule has 0 aliphatic rings. The zero-order valence-corrected chi connectivity index (χ0v) is 11.1. The first-order valence-electron chi connectivity index (χ1n) is 6.50. The van der Waals surface area contributed by atoms with Crippen LogP contribution in [0.2, 0.25) is 0 Å². The third-order valence-corrected chi connectivity index (χ3v) is 3.08. The van der Waals surface area contributed by atoms with Crippen molar-refractivity contribution in [2.45, 2.75) is 13.0 Å². The lowest BCUT2D eigenvalue weighted by Gasteiger charge is -2.06. The quantitative estimate of drug-likeness (QED) is 0.777. The normalized spacial score (nSPS) is 10.4. The molecule has 100 valence electrons. The van der Waals surface area contributed by atoms with Gasteiger partial charge in [-0.25, -0.2) is 4.39 Å². The van der Waals surface area contributed by atoms with Gasteiger partial charge >= 0.3 is 0 Å². The molecule has 2 nitrogen and oxygen atoms in total. The number of hydrogen-bond donors (Lipinski definition) is 2. The standard InChI is InChI=1S/C16H19FN2/c1-18-16-8-4-14(5-9-16)12-19-11-10-13-2-6-15(17)7-3-13/h2-9,18-19H,10-12H2,1H3. The molecule has 0 amide bonds. The summed E-state index contributed by atoms with van der Waals surface area (Å²) in [4.78, 5) is 0. The molecule has 0 bridgehead atoms. The summed E-state index contributed by atoms with van der Waals surface area (Å²) in [6.45, 7) is 1.74. The van der Waals surface area contributed by atoms with E-state index in [2.05, 4.69) is 34.9 Å². The van der Waals surface area contributed by atoms with Gasteiger partial charge in [0.1, 0.15) is 5.82 Å². The molecule has 0 aliphatic carbocycles. The Morgan fingerprint density at radius 1 is 0.895 bits per heavy atom. The van der Waals surface area contributed by atoms with Crippen LogP contribution >= 0.6 is 0 Å². The van der Waals surface area contributed by atoms with Crippen LogP contribution < -0.4 is 10.6 Å². The predicted octanol–water partition coefficient (Wildman–Crippen LogP) is 3.20. The van der Waals surface area contributed by atoms with Crippen LogP contribution in [0.25, 0.3) is 0 Å². The van der Waals surface area contributed by atoms with Crippen LogP contribution in [0.5, 0.6) is 0 Å². The molecule has 0 aliphatic heterocycles. The summed E-state index contributed by atoms with van der Waals surface area (Å²) in [6, 6.07) is 15.0. The fourth-order valence-electron chi connectivity index (χ4n) is 1.91. The lowest BCUT2D eigenvalue weighted by molar-refractivity contribution is 0.626. The Balaban J connectivity index is 1.72. The van der Waals surface area contributed by atoms with Gasteiger partial charge in [-0.05, 0) is 48.4 Å². The lowest BCUT2D eigenvalue weighted by atomic mass is 10.1. The van der Waals surface area contributed by atoms with E-state index >= 15 is 0 Å². The second-order valence-electron chi connectivity index (χ2n) is 4.50. The molecule has 3 heteroatoms. The van der Waals surface area contributed by atoms with E-state index in [0.717, 1.165) is 30.8 Å². The molecule has 0 aromatic heterocycles. The Bertz CT molecular complexity index is 491. The van der Waals surface area contributed by atoms with E-state index in [9.17, 15) is 4.39 Å². The van der Waals surface area contributed by atoms with E-state index in [1.807, 2.05) is 19.2 Å². The Labute approximate surface area is 113 Å². The monoisotopic (exact) mass is 258 g/mol. The summed E-state index contributed by atoms with van der Waals surface area (Å²) in [5.74, 6) is -0.179. The Morgan fingerprint density at radius 3 is 2.16 bits per heavy atom. The minimum Gasteiger partial charge on any atom is -0.388 e. The number of rotatable bonds is 6. The minimum absolute atomic E-state index is 0.179. The molecule has 0 fully saturated rings. The molecule has 0 saturated carbocycles. The predicted molar refractivity (Wildman–Crippen MR) is 77.8 cm³/mol. The van der Waals surface area contributed by atoms with Crippen molar-refractivity contribution in [2.24, 2.45) is 0 Å². The number of nitrogens with one attached hydrogen (secondary N) is 2. The van der Waals surface area contributed by atoms with E-state index in [1.165, 1.54) is 17.7 Å². The van der Waals surface area contributed by atoms with Crippen molar-refractivity contribution >= 4 is 5.69 Å². The summed E-state index contributed by atoms with van der Waals surface area (Å²) in [6.07, 6.45) is 0.912. The molecule has 19 heavy (non-hydrogen) atoms. The van der Waals surface area contributed by atoms with E-state index in [4.69, 9.17) is 0 Å². The van der Waals surface area contributed by atoms with Gasteiger partial charge in [0.2, 0.25) is 0 Å². The molecule has 0 unspecified atom stereocenters. The number of anilines is 1. The highest BCUT2D eigenvalue weighted by molar-refractivity contribution is 5.43. The SMILES string of the molecule is CNc1ccc(CNCCc2ccc(F)cc2)cc1. The van der Waals surface area contributed by atoms with Crippen molar-refractivity contribution in [3.63, 3.8) is 0 Å². The topological polar surface area (TPSA) is 24.1 Å². The Morgan fingerprint density at radius 2 is 1.53 bits per heavy atom. The first-order valence-corrected chi connectivity index (χ1v) is 6.50. The van der Waals surface area contributed by atoms with Gasteiger partial charge in [0, 0.05) is 19.3 Å². The summed E-state index contributed by atoms with van der Waals surface area (Å²) < 4.78 is 12.7. The summed E-state index contributed by atoms with van der Waals surface area (Å²) in [7, 11) is 1.91. The van der Waals surface area contributed by atoms with Gasteiger partial charge < -0.3 is 10.6 Å². The first-order chi connectivity index (χ1) is 9.28. The molecule has 2 aromatic rings. The van der Waals surface area contributed by atoms with Crippen LogP contribution in [0.4, 0.5) is 10.1 Å². The lowest BCUT2D eigenvalue weighted by Crippen LogP contribution is -2.16. The second-order valence-corrected chi connectivity index (χ2v) is 4.50. The van der Waals surface area contributed by atoms with Crippen molar-refractivity contribution in [1.29, 1.82) is 0 Å². The average molecular weight is 258 g/mol. The van der Waals surface area contributed by atoms with Crippen molar-refractivity contribution in [3.05, 3.63) is 65.5 Å². The number of halogens is 1. The van der Waals surface area contributed by atoms with Gasteiger partial charge in [0.25, 0.3) is 0 Å². The van der Waals surface area contributed by atoms with Crippen molar-refractivity contribution < 1.29 is 4.39 Å². The summed E-state index contributed by atoms with van der Waals surface area (Å²) in [5.41, 5.74) is 3.53. The van der Waals surface area contributed by atoms with Crippen molar-refractivity contribution in [1.82, 2.24) is 5.32 Å². The summed E-state index contributed by atoms with van der Waals surface area (Å²) >= 11 is 0. The van der Waals surface area contributed by atoms with Crippen LogP contribution in [-0.2, 0) is 13.0 Å². The Kier molecular flexibility index (Phi) is 4.93. The fourth-order valence-corrected chi connectivity index (χ4v) is 1.91. The smallest absolute Gasteiger partial charge is 0.123 e. The first kappa shape index (κ1) is 13.6. The maximum absolute atomic E-state index is 12.7. The molecule has 0 atom stereocenters. The van der Waals surface area contributed by atoms with E-state index in [0.29, 0.717) is 0 Å². The van der Waals surface area contributed by atoms with E-state index < -0.39 is 0 Å². The van der Waals surface area contributed by atoms with E-state index in [-0.39, 0.29) is 5.82 Å². The van der Waals surface area contributed by atoms with Crippen LogP contribution in [0.3, 0.4) is 0 Å². The highest BCUT2D eigenvalue weighted by Gasteiger charge is 1.96. The molecular weight excluding hydrogens is 239 g/mol. The fraction of sp³-hybridized carbons (Fsp3) is 0.250. The third kappa shape index (κ3) is 4.38. The maximum Gasteiger partial charge on any atom is 0.123 e. The molecule has 2 N–H and O–H groups in total.